The molecule has 0 saturated heterocycles. The van der Waals surface area contributed by atoms with Crippen molar-refractivity contribution in [3.8, 4) is 23.0 Å². The molecule has 4 N–H and O–H groups in total. The largest absolute Gasteiger partial charge is 0.504 e. The smallest absolute Gasteiger partial charge is 0.205 e. The van der Waals surface area contributed by atoms with E-state index in [2.05, 4.69) is 0 Å². The average molecular weight is 272 g/mol. The molecule has 6 heteroatoms. The molecule has 0 radical (unpaired) electrons. The fourth-order valence-electron chi connectivity index (χ4n) is 2.29. The molecule has 0 amide bonds. The highest BCUT2D eigenvalue weighted by Gasteiger charge is 2.37. The van der Waals surface area contributed by atoms with Gasteiger partial charge in [-0.3, -0.25) is 9.59 Å². The van der Waals surface area contributed by atoms with Crippen LogP contribution in [0.15, 0.2) is 24.3 Å². The molecule has 20 heavy (non-hydrogen) atoms. The maximum absolute atomic E-state index is 12.3. The molecule has 0 saturated carbocycles. The van der Waals surface area contributed by atoms with E-state index < -0.39 is 45.7 Å². The molecule has 2 aromatic carbocycles. The van der Waals surface area contributed by atoms with Crippen LogP contribution in [0.25, 0.3) is 0 Å². The van der Waals surface area contributed by atoms with Gasteiger partial charge < -0.3 is 20.4 Å². The zero-order valence-corrected chi connectivity index (χ0v) is 9.91. The Kier molecular flexibility index (Phi) is 2.25. The molecular weight excluding hydrogens is 264 g/mol. The van der Waals surface area contributed by atoms with Gasteiger partial charge in [-0.05, 0) is 0 Å². The number of hydrogen-bond acceptors (Lipinski definition) is 6. The van der Waals surface area contributed by atoms with E-state index in [4.69, 9.17) is 0 Å². The molecule has 100 valence electrons. The molecule has 0 unspecified atom stereocenters. The Morgan fingerprint density at radius 2 is 0.950 bits per heavy atom. The lowest BCUT2D eigenvalue weighted by atomic mass is 9.82. The van der Waals surface area contributed by atoms with E-state index in [0.29, 0.717) is 0 Å². The summed E-state index contributed by atoms with van der Waals surface area (Å²) in [5.41, 5.74) is -0.905. The molecule has 0 fully saturated rings. The second kappa shape index (κ2) is 3.74. The number of aromatic hydroxyl groups is 4. The van der Waals surface area contributed by atoms with E-state index in [9.17, 15) is 30.0 Å². The number of carbonyl (C=O) groups is 2. The lowest BCUT2D eigenvalue weighted by Crippen LogP contribution is -2.21. The van der Waals surface area contributed by atoms with Crippen molar-refractivity contribution >= 4 is 11.6 Å². The lowest BCUT2D eigenvalue weighted by molar-refractivity contribution is 0.0973. The van der Waals surface area contributed by atoms with E-state index in [1.807, 2.05) is 0 Å². The Labute approximate surface area is 112 Å². The van der Waals surface area contributed by atoms with Gasteiger partial charge in [0.2, 0.25) is 11.5 Å². The van der Waals surface area contributed by atoms with Crippen molar-refractivity contribution in [2.24, 2.45) is 0 Å². The number of carbonyl (C=O) groups excluding carboxylic acids is 2. The lowest BCUT2D eigenvalue weighted by Gasteiger charge is -2.20. The molecule has 0 bridgehead atoms. The van der Waals surface area contributed by atoms with Gasteiger partial charge >= 0.3 is 0 Å². The molecule has 0 aromatic heterocycles. The molecule has 0 atom stereocenters. The Bertz CT molecular complexity index is 725. The maximum Gasteiger partial charge on any atom is 0.205 e. The Morgan fingerprint density at radius 3 is 1.30 bits per heavy atom. The highest BCUT2D eigenvalue weighted by atomic mass is 16.3. The molecule has 6 nitrogen and oxygen atoms in total. The summed E-state index contributed by atoms with van der Waals surface area (Å²) in [4.78, 5) is 24.5. The second-order valence-corrected chi connectivity index (χ2v) is 4.35. The van der Waals surface area contributed by atoms with Crippen LogP contribution in [0.3, 0.4) is 0 Å². The van der Waals surface area contributed by atoms with Gasteiger partial charge in [-0.2, -0.15) is 0 Å². The van der Waals surface area contributed by atoms with Crippen LogP contribution in [0, 0.1) is 0 Å². The van der Waals surface area contributed by atoms with E-state index >= 15 is 0 Å². The number of fused-ring (bicyclic) bond motifs is 2. The van der Waals surface area contributed by atoms with Gasteiger partial charge in [0.1, 0.15) is 0 Å². The second-order valence-electron chi connectivity index (χ2n) is 4.35. The first-order valence-corrected chi connectivity index (χ1v) is 5.63. The summed E-state index contributed by atoms with van der Waals surface area (Å²) >= 11 is 0. The number of ketones is 2. The van der Waals surface area contributed by atoms with Crippen molar-refractivity contribution < 1.29 is 30.0 Å². The van der Waals surface area contributed by atoms with Crippen LogP contribution in [0.2, 0.25) is 0 Å². The Hall–Kier alpha value is -3.02. The van der Waals surface area contributed by atoms with Gasteiger partial charge in [0.05, 0.1) is 11.1 Å². The van der Waals surface area contributed by atoms with Crippen molar-refractivity contribution in [2.75, 3.05) is 0 Å². The van der Waals surface area contributed by atoms with Crippen molar-refractivity contribution in [2.45, 2.75) is 0 Å². The molecule has 0 spiro atoms. The zero-order chi connectivity index (χ0) is 14.6. The van der Waals surface area contributed by atoms with E-state index in [1.165, 1.54) is 12.1 Å². The third-order valence-corrected chi connectivity index (χ3v) is 3.27. The van der Waals surface area contributed by atoms with Crippen molar-refractivity contribution in [3.63, 3.8) is 0 Å². The Morgan fingerprint density at radius 1 is 0.600 bits per heavy atom. The quantitative estimate of drug-likeness (QED) is 0.362. The highest BCUT2D eigenvalue weighted by Crippen LogP contribution is 2.49. The summed E-state index contributed by atoms with van der Waals surface area (Å²) in [6, 6.07) is 5.90. The fraction of sp³-hybridized carbons (Fsp3) is 0. The van der Waals surface area contributed by atoms with Gasteiger partial charge in [-0.25, -0.2) is 0 Å². The first kappa shape index (κ1) is 12.0. The number of hydrogen-bond donors (Lipinski definition) is 4. The first-order valence-electron chi connectivity index (χ1n) is 5.63. The van der Waals surface area contributed by atoms with E-state index in [-0.39, 0.29) is 11.1 Å². The average Bonchev–Trinajstić information content (AvgIpc) is 2.46. The molecule has 0 heterocycles. The van der Waals surface area contributed by atoms with Crippen LogP contribution >= 0.6 is 0 Å². The van der Waals surface area contributed by atoms with Crippen LogP contribution in [0.1, 0.15) is 31.8 Å². The summed E-state index contributed by atoms with van der Waals surface area (Å²) in [5.74, 6) is -5.36. The van der Waals surface area contributed by atoms with Crippen molar-refractivity contribution in [1.82, 2.24) is 0 Å². The van der Waals surface area contributed by atoms with Crippen molar-refractivity contribution in [3.05, 3.63) is 46.5 Å². The number of benzene rings is 2. The van der Waals surface area contributed by atoms with Crippen LogP contribution in [0.5, 0.6) is 23.0 Å². The van der Waals surface area contributed by atoms with Gasteiger partial charge in [-0.1, -0.05) is 24.3 Å². The van der Waals surface area contributed by atoms with Gasteiger partial charge in [0.15, 0.2) is 23.1 Å². The SMILES string of the molecule is O=C1c2ccccc2C(=O)c2c(O)c(O)c(O)c(O)c21. The molecule has 0 aliphatic heterocycles. The zero-order valence-electron chi connectivity index (χ0n) is 9.91. The number of phenolic OH excluding ortho intramolecular Hbond substituents is 4. The minimum absolute atomic E-state index is 0.0600. The van der Waals surface area contributed by atoms with Gasteiger partial charge in [0.25, 0.3) is 0 Å². The molecule has 2 aromatic rings. The predicted octanol–water partition coefficient (Wildman–Crippen LogP) is 1.28. The molecule has 1 aliphatic carbocycles. The van der Waals surface area contributed by atoms with Crippen molar-refractivity contribution in [1.29, 1.82) is 0 Å². The van der Waals surface area contributed by atoms with E-state index in [1.54, 1.807) is 12.1 Å². The molecule has 1 aliphatic rings. The van der Waals surface area contributed by atoms with Crippen LogP contribution in [0.4, 0.5) is 0 Å². The molecule has 3 rings (SSSR count). The first-order chi connectivity index (χ1) is 9.45. The van der Waals surface area contributed by atoms with Crippen LogP contribution < -0.4 is 0 Å². The minimum Gasteiger partial charge on any atom is -0.504 e. The summed E-state index contributed by atoms with van der Waals surface area (Å²) < 4.78 is 0. The van der Waals surface area contributed by atoms with Gasteiger partial charge in [-0.15, -0.1) is 0 Å². The topological polar surface area (TPSA) is 115 Å². The van der Waals surface area contributed by atoms with Crippen LogP contribution in [-0.4, -0.2) is 32.0 Å². The molecular formula is C14H8O6. The summed E-state index contributed by atoms with van der Waals surface area (Å²) in [5, 5.41) is 38.5. The fourth-order valence-corrected chi connectivity index (χ4v) is 2.29. The summed E-state index contributed by atoms with van der Waals surface area (Å²) in [6.45, 7) is 0. The monoisotopic (exact) mass is 272 g/mol. The summed E-state index contributed by atoms with van der Waals surface area (Å²) in [7, 11) is 0. The number of rotatable bonds is 0. The van der Waals surface area contributed by atoms with Crippen LogP contribution in [-0.2, 0) is 0 Å². The standard InChI is InChI=1S/C14H8O6/c15-9-5-3-1-2-4-6(5)10(16)8-7(9)11(17)13(19)14(20)12(8)18/h1-4,17-20H. The van der Waals surface area contributed by atoms with E-state index in [0.717, 1.165) is 0 Å². The summed E-state index contributed by atoms with van der Waals surface area (Å²) in [6.07, 6.45) is 0. The maximum atomic E-state index is 12.3. The Balaban J connectivity index is 2.46. The predicted molar refractivity (Wildman–Crippen MR) is 66.4 cm³/mol. The normalized spacial score (nSPS) is 13.0. The minimum atomic E-state index is -1.04. The number of phenols is 4. The van der Waals surface area contributed by atoms with Gasteiger partial charge in [0, 0.05) is 11.1 Å². The third-order valence-electron chi connectivity index (χ3n) is 3.27. The highest BCUT2D eigenvalue weighted by molar-refractivity contribution is 6.30. The third kappa shape index (κ3) is 1.27.